The van der Waals surface area contributed by atoms with Gasteiger partial charge in [0.05, 0.1) is 11.6 Å². The van der Waals surface area contributed by atoms with E-state index in [1.165, 1.54) is 12.6 Å². The van der Waals surface area contributed by atoms with E-state index in [1.807, 2.05) is 0 Å². The minimum absolute atomic E-state index is 0.0236. The Morgan fingerprint density at radius 2 is 2.09 bits per heavy atom. The molecule has 0 radical (unpaired) electrons. The van der Waals surface area contributed by atoms with Crippen molar-refractivity contribution in [2.45, 2.75) is 38.5 Å². The van der Waals surface area contributed by atoms with Crippen molar-refractivity contribution in [3.05, 3.63) is 22.3 Å². The summed E-state index contributed by atoms with van der Waals surface area (Å²) in [6, 6.07) is 1.57. The number of carbonyl (C=O) groups excluding carboxylic acids is 1. The molecule has 7 heteroatoms. The number of pyridine rings is 1. The average Bonchev–Trinajstić information content (AvgIpc) is 2.54. The smallest absolute Gasteiger partial charge is 0.232 e. The van der Waals surface area contributed by atoms with E-state index in [0.29, 0.717) is 42.0 Å². The van der Waals surface area contributed by atoms with E-state index in [-0.39, 0.29) is 11.3 Å². The molecule has 1 fully saturated rings. The van der Waals surface area contributed by atoms with Crippen molar-refractivity contribution in [3.63, 3.8) is 0 Å². The zero-order valence-electron chi connectivity index (χ0n) is 13.1. The number of aromatic nitrogens is 1. The Balaban J connectivity index is 1.72. The van der Waals surface area contributed by atoms with E-state index in [1.54, 1.807) is 6.07 Å². The molecule has 0 spiro atoms. The lowest BCUT2D eigenvalue weighted by atomic mass is 9.72. The van der Waals surface area contributed by atoms with Crippen molar-refractivity contribution in [1.82, 2.24) is 10.3 Å². The van der Waals surface area contributed by atoms with Gasteiger partial charge in [-0.2, -0.15) is 0 Å². The summed E-state index contributed by atoms with van der Waals surface area (Å²) in [7, 11) is 0. The van der Waals surface area contributed by atoms with Crippen LogP contribution in [0.3, 0.4) is 0 Å². The second-order valence-corrected chi connectivity index (χ2v) is 6.92. The maximum Gasteiger partial charge on any atom is 0.232 e. The molecule has 1 aromatic heterocycles. The highest BCUT2D eigenvalue weighted by Crippen LogP contribution is 2.38. The Morgan fingerprint density at radius 3 is 2.74 bits per heavy atom. The molecule has 3 N–H and O–H groups in total. The van der Waals surface area contributed by atoms with Crippen LogP contribution in [0.5, 0.6) is 5.88 Å². The quantitative estimate of drug-likeness (QED) is 0.732. The normalized spacial score (nSPS) is 16.8. The van der Waals surface area contributed by atoms with Crippen LogP contribution in [0.25, 0.3) is 0 Å². The zero-order chi connectivity index (χ0) is 16.7. The molecule has 128 valence electrons. The summed E-state index contributed by atoms with van der Waals surface area (Å²) in [4.78, 5) is 16.1. The minimum Gasteiger partial charge on any atom is -0.475 e. The summed E-state index contributed by atoms with van der Waals surface area (Å²) < 4.78 is 5.44. The number of halogens is 2. The van der Waals surface area contributed by atoms with Crippen molar-refractivity contribution >= 4 is 29.1 Å². The standard InChI is InChI=1S/C16H23Cl2N3O2/c17-12-8-13(18)15(21-10-12)23-7-6-20-14(22)9-16(11-19)4-2-1-3-5-16/h8,10H,1-7,9,11,19H2,(H,20,22). The molecule has 0 aliphatic heterocycles. The maximum atomic E-state index is 12.1. The van der Waals surface area contributed by atoms with Crippen LogP contribution in [0.4, 0.5) is 0 Å². The van der Waals surface area contributed by atoms with Gasteiger partial charge in [-0.15, -0.1) is 0 Å². The molecule has 0 bridgehead atoms. The molecule has 0 unspecified atom stereocenters. The van der Waals surface area contributed by atoms with E-state index in [0.717, 1.165) is 25.7 Å². The predicted molar refractivity (Wildman–Crippen MR) is 92.0 cm³/mol. The summed E-state index contributed by atoms with van der Waals surface area (Å²) in [6.45, 7) is 1.27. The van der Waals surface area contributed by atoms with Gasteiger partial charge in [0.15, 0.2) is 0 Å². The fraction of sp³-hybridized carbons (Fsp3) is 0.625. The molecule has 1 heterocycles. The Kier molecular flexibility index (Phi) is 6.93. The Hall–Kier alpha value is -1.04. The molecule has 23 heavy (non-hydrogen) atoms. The number of hydrogen-bond donors (Lipinski definition) is 2. The van der Waals surface area contributed by atoms with E-state index < -0.39 is 0 Å². The maximum absolute atomic E-state index is 12.1. The Morgan fingerprint density at radius 1 is 1.35 bits per heavy atom. The molecule has 0 aromatic carbocycles. The van der Waals surface area contributed by atoms with Crippen LogP contribution in [0, 0.1) is 5.41 Å². The van der Waals surface area contributed by atoms with Gasteiger partial charge in [0.2, 0.25) is 11.8 Å². The van der Waals surface area contributed by atoms with Gasteiger partial charge in [-0.25, -0.2) is 4.98 Å². The Labute approximate surface area is 146 Å². The lowest BCUT2D eigenvalue weighted by Crippen LogP contribution is -2.39. The van der Waals surface area contributed by atoms with Gasteiger partial charge in [0, 0.05) is 12.6 Å². The second kappa shape index (κ2) is 8.71. The topological polar surface area (TPSA) is 77.2 Å². The van der Waals surface area contributed by atoms with Gasteiger partial charge in [0.25, 0.3) is 0 Å². The third-order valence-corrected chi connectivity index (χ3v) is 4.80. The summed E-state index contributed by atoms with van der Waals surface area (Å²) in [5, 5.41) is 3.68. The molecule has 1 saturated carbocycles. The number of amides is 1. The Bertz CT molecular complexity index is 534. The summed E-state index contributed by atoms with van der Waals surface area (Å²) in [5.74, 6) is 0.340. The first-order valence-corrected chi connectivity index (χ1v) is 8.71. The van der Waals surface area contributed by atoms with Crippen molar-refractivity contribution in [2.24, 2.45) is 11.1 Å². The average molecular weight is 360 g/mol. The SMILES string of the molecule is NCC1(CC(=O)NCCOc2ncc(Cl)cc2Cl)CCCCC1. The van der Waals surface area contributed by atoms with Crippen LogP contribution in [0.1, 0.15) is 38.5 Å². The molecule has 5 nitrogen and oxygen atoms in total. The molecule has 0 atom stereocenters. The number of hydrogen-bond acceptors (Lipinski definition) is 4. The van der Waals surface area contributed by atoms with E-state index in [4.69, 9.17) is 33.7 Å². The highest BCUT2D eigenvalue weighted by molar-refractivity contribution is 6.35. The molecule has 1 aliphatic rings. The minimum atomic E-state index is -0.0236. The van der Waals surface area contributed by atoms with Gasteiger partial charge in [-0.3, -0.25) is 4.79 Å². The lowest BCUT2D eigenvalue weighted by molar-refractivity contribution is -0.124. The lowest BCUT2D eigenvalue weighted by Gasteiger charge is -2.35. The van der Waals surface area contributed by atoms with Gasteiger partial charge in [-0.05, 0) is 30.9 Å². The van der Waals surface area contributed by atoms with Crippen molar-refractivity contribution in [2.75, 3.05) is 19.7 Å². The molecular formula is C16H23Cl2N3O2. The fourth-order valence-electron chi connectivity index (χ4n) is 3.00. The van der Waals surface area contributed by atoms with Crippen LogP contribution in [-0.4, -0.2) is 30.6 Å². The van der Waals surface area contributed by atoms with Crippen molar-refractivity contribution < 1.29 is 9.53 Å². The first-order chi connectivity index (χ1) is 11.0. The number of nitrogens with zero attached hydrogens (tertiary/aromatic N) is 1. The van der Waals surface area contributed by atoms with Gasteiger partial charge in [0.1, 0.15) is 11.6 Å². The van der Waals surface area contributed by atoms with E-state index >= 15 is 0 Å². The highest BCUT2D eigenvalue weighted by Gasteiger charge is 2.32. The third kappa shape index (κ3) is 5.52. The zero-order valence-corrected chi connectivity index (χ0v) is 14.6. The predicted octanol–water partition coefficient (Wildman–Crippen LogP) is 3.18. The molecule has 1 amide bonds. The summed E-state index contributed by atoms with van der Waals surface area (Å²) in [6.07, 6.45) is 7.60. The monoisotopic (exact) mass is 359 g/mol. The number of carbonyl (C=O) groups is 1. The fourth-order valence-corrected chi connectivity index (χ4v) is 3.44. The first kappa shape index (κ1) is 18.3. The number of nitrogens with one attached hydrogen (secondary N) is 1. The summed E-state index contributed by atoms with van der Waals surface area (Å²) in [5.41, 5.74) is 5.88. The molecule has 2 rings (SSSR count). The number of nitrogens with two attached hydrogens (primary N) is 1. The molecule has 1 aromatic rings. The highest BCUT2D eigenvalue weighted by atomic mass is 35.5. The van der Waals surface area contributed by atoms with Crippen LogP contribution >= 0.6 is 23.2 Å². The van der Waals surface area contributed by atoms with Gasteiger partial charge < -0.3 is 15.8 Å². The van der Waals surface area contributed by atoms with Crippen LogP contribution < -0.4 is 15.8 Å². The van der Waals surface area contributed by atoms with E-state index in [2.05, 4.69) is 10.3 Å². The summed E-state index contributed by atoms with van der Waals surface area (Å²) >= 11 is 11.7. The number of ether oxygens (including phenoxy) is 1. The third-order valence-electron chi connectivity index (χ3n) is 4.32. The largest absolute Gasteiger partial charge is 0.475 e. The van der Waals surface area contributed by atoms with Crippen molar-refractivity contribution in [1.29, 1.82) is 0 Å². The van der Waals surface area contributed by atoms with Crippen molar-refractivity contribution in [3.8, 4) is 5.88 Å². The van der Waals surface area contributed by atoms with Crippen LogP contribution in [0.15, 0.2) is 12.3 Å². The molecule has 0 saturated heterocycles. The van der Waals surface area contributed by atoms with Crippen LogP contribution in [-0.2, 0) is 4.79 Å². The van der Waals surface area contributed by atoms with E-state index in [9.17, 15) is 4.79 Å². The van der Waals surface area contributed by atoms with Crippen LogP contribution in [0.2, 0.25) is 10.0 Å². The number of rotatable bonds is 7. The molecule has 1 aliphatic carbocycles. The first-order valence-electron chi connectivity index (χ1n) is 7.95. The second-order valence-electron chi connectivity index (χ2n) is 6.08. The van der Waals surface area contributed by atoms with Gasteiger partial charge >= 0.3 is 0 Å². The molecular weight excluding hydrogens is 337 g/mol. The van der Waals surface area contributed by atoms with Gasteiger partial charge in [-0.1, -0.05) is 42.5 Å².